The highest BCUT2D eigenvalue weighted by Crippen LogP contribution is 2.05. The molecule has 0 atom stereocenters. The smallest absolute Gasteiger partial charge is 0.116 e. The van der Waals surface area contributed by atoms with E-state index in [1.807, 2.05) is 0 Å². The number of hydrogen-bond acceptors (Lipinski definition) is 1. The van der Waals surface area contributed by atoms with E-state index in [0.717, 1.165) is 12.7 Å². The lowest BCUT2D eigenvalue weighted by Gasteiger charge is -1.82. The van der Waals surface area contributed by atoms with Gasteiger partial charge in [0.25, 0.3) is 0 Å². The molecule has 1 heteroatoms. The topological polar surface area (TPSA) is 13.1 Å². The average molecular weight is 120 g/mol. The van der Waals surface area contributed by atoms with Gasteiger partial charge in [-0.15, -0.1) is 6.42 Å². The third-order valence-corrected chi connectivity index (χ3v) is 0.959. The molecule has 1 aromatic rings. The highest BCUT2D eigenvalue weighted by Gasteiger charge is 1.93. The molecule has 0 spiro atoms. The van der Waals surface area contributed by atoms with Gasteiger partial charge in [0, 0.05) is 8.27 Å². The molecule has 1 aromatic heterocycles. The summed E-state index contributed by atoms with van der Waals surface area (Å²) in [7, 11) is 0. The van der Waals surface area contributed by atoms with Crippen molar-refractivity contribution in [2.24, 2.45) is 0 Å². The second-order valence-corrected chi connectivity index (χ2v) is 1.68. The molecule has 0 aromatic carbocycles. The summed E-state index contributed by atoms with van der Waals surface area (Å²) >= 11 is 0. The number of terminal acetylenes is 1. The van der Waals surface area contributed by atoms with Gasteiger partial charge in [0.15, 0.2) is 0 Å². The fourth-order valence-corrected chi connectivity index (χ4v) is 0.590. The van der Waals surface area contributed by atoms with Gasteiger partial charge in [-0.1, -0.05) is 5.92 Å². The monoisotopic (exact) mass is 120 g/mol. The average Bonchev–Trinajstić information content (AvgIpc) is 2.37. The van der Waals surface area contributed by atoms with Crippen molar-refractivity contribution in [1.82, 2.24) is 0 Å². The maximum atomic E-state index is 6.82. The Labute approximate surface area is 56.1 Å². The van der Waals surface area contributed by atoms with Gasteiger partial charge in [0.2, 0.25) is 0 Å². The molecule has 1 radical (unpaired) electrons. The van der Waals surface area contributed by atoms with Crippen LogP contribution in [0.2, 0.25) is 0 Å². The highest BCUT2D eigenvalue weighted by molar-refractivity contribution is 5.13. The van der Waals surface area contributed by atoms with Crippen molar-refractivity contribution in [1.29, 1.82) is 0 Å². The van der Waals surface area contributed by atoms with Crippen LogP contribution < -0.4 is 0 Å². The predicted octanol–water partition coefficient (Wildman–Crippen LogP) is 1.64. The van der Waals surface area contributed by atoms with Crippen LogP contribution in [0, 0.1) is 19.2 Å². The largest absolute Gasteiger partial charge is 0.465 e. The molecule has 0 fully saturated rings. The second-order valence-electron chi connectivity index (χ2n) is 1.68. The van der Waals surface area contributed by atoms with Crippen LogP contribution in [0.1, 0.15) is 12.9 Å². The van der Waals surface area contributed by atoms with E-state index >= 15 is 0 Å². The van der Waals surface area contributed by atoms with E-state index in [4.69, 9.17) is 12.2 Å². The van der Waals surface area contributed by atoms with Crippen LogP contribution in [-0.4, -0.2) is 0 Å². The van der Waals surface area contributed by atoms with Crippen LogP contribution in [0.4, 0.5) is 0 Å². The Morgan fingerprint density at radius 1 is 1.89 bits per heavy atom. The molecule has 0 aliphatic carbocycles. The maximum absolute atomic E-state index is 6.82. The zero-order chi connectivity index (χ0) is 7.40. The fraction of sp³-hybridized carbons (Fsp3) is 0.125. The van der Waals surface area contributed by atoms with Gasteiger partial charge in [0.1, 0.15) is 11.5 Å². The molecule has 45 valence electrons. The van der Waals surface area contributed by atoms with Crippen molar-refractivity contribution in [2.45, 2.75) is 6.42 Å². The molecule has 1 heterocycles. The summed E-state index contributed by atoms with van der Waals surface area (Å²) in [6.07, 6.45) is 5.54. The standard InChI is InChI=1S/C8H7O/c1-3-4-8-6-5-7(2)9-8/h1,5-6H,2,4H2/i2D. The molecule has 0 bridgehead atoms. The minimum Gasteiger partial charge on any atom is -0.465 e. The van der Waals surface area contributed by atoms with Gasteiger partial charge in [-0.05, 0) is 12.1 Å². The minimum absolute atomic E-state index is 0.494. The van der Waals surface area contributed by atoms with E-state index in [2.05, 4.69) is 5.92 Å². The van der Waals surface area contributed by atoms with E-state index in [0.29, 0.717) is 12.2 Å². The van der Waals surface area contributed by atoms with Crippen LogP contribution in [-0.2, 0) is 6.42 Å². The van der Waals surface area contributed by atoms with Crippen LogP contribution in [0.25, 0.3) is 0 Å². The van der Waals surface area contributed by atoms with Crippen molar-refractivity contribution in [2.75, 3.05) is 0 Å². The molecule has 0 amide bonds. The molecule has 1 rings (SSSR count). The molecule has 9 heavy (non-hydrogen) atoms. The number of rotatable bonds is 2. The van der Waals surface area contributed by atoms with E-state index < -0.39 is 0 Å². The van der Waals surface area contributed by atoms with E-state index in [-0.39, 0.29) is 0 Å². The van der Waals surface area contributed by atoms with Crippen molar-refractivity contribution >= 4 is 0 Å². The Hall–Kier alpha value is -1.16. The first kappa shape index (κ1) is 4.69. The third kappa shape index (κ3) is 1.36. The van der Waals surface area contributed by atoms with Gasteiger partial charge >= 0.3 is 0 Å². The molecule has 0 aliphatic heterocycles. The molecule has 0 saturated carbocycles. The lowest BCUT2D eigenvalue weighted by Crippen LogP contribution is -1.71. The summed E-state index contributed by atoms with van der Waals surface area (Å²) in [6.45, 7) is 1.15. The quantitative estimate of drug-likeness (QED) is 0.541. The summed E-state index contributed by atoms with van der Waals surface area (Å²) in [5, 5.41) is 0. The van der Waals surface area contributed by atoms with Crippen LogP contribution in [0.5, 0.6) is 0 Å². The lowest BCUT2D eigenvalue weighted by molar-refractivity contribution is 0.509. The van der Waals surface area contributed by atoms with Crippen LogP contribution in [0.15, 0.2) is 16.5 Å². The van der Waals surface area contributed by atoms with E-state index in [9.17, 15) is 0 Å². The number of hydrogen-bond donors (Lipinski definition) is 0. The molecule has 1 nitrogen and oxygen atoms in total. The van der Waals surface area contributed by atoms with Crippen molar-refractivity contribution in [3.63, 3.8) is 0 Å². The third-order valence-electron chi connectivity index (χ3n) is 0.959. The maximum Gasteiger partial charge on any atom is 0.116 e. The summed E-state index contributed by atoms with van der Waals surface area (Å²) in [5.41, 5.74) is 0. The first-order valence-corrected chi connectivity index (χ1v) is 2.60. The normalized spacial score (nSPS) is 10.3. The molecule has 0 aliphatic rings. The van der Waals surface area contributed by atoms with Gasteiger partial charge in [-0.3, -0.25) is 0 Å². The van der Waals surface area contributed by atoms with Crippen LogP contribution in [0.3, 0.4) is 0 Å². The molecule has 0 unspecified atom stereocenters. The Balaban J connectivity index is 2.70. The zero-order valence-electron chi connectivity index (χ0n) is 5.92. The Morgan fingerprint density at radius 2 is 2.78 bits per heavy atom. The molecular formula is C8H7O. The van der Waals surface area contributed by atoms with Crippen molar-refractivity contribution < 1.29 is 5.79 Å². The van der Waals surface area contributed by atoms with Gasteiger partial charge in [-0.25, -0.2) is 0 Å². The van der Waals surface area contributed by atoms with Crippen molar-refractivity contribution in [3.8, 4) is 12.3 Å². The molecule has 0 saturated heterocycles. The fourth-order valence-electron chi connectivity index (χ4n) is 0.590. The second kappa shape index (κ2) is 2.41. The first-order chi connectivity index (χ1) is 4.86. The Kier molecular flexibility index (Phi) is 1.26. The van der Waals surface area contributed by atoms with Crippen LogP contribution >= 0.6 is 0 Å². The Bertz CT molecular complexity index is 244. The van der Waals surface area contributed by atoms with Gasteiger partial charge < -0.3 is 4.42 Å². The number of furan rings is 1. The predicted molar refractivity (Wildman–Crippen MR) is 35.7 cm³/mol. The molecule has 0 N–H and O–H groups in total. The zero-order valence-corrected chi connectivity index (χ0v) is 4.92. The highest BCUT2D eigenvalue weighted by atomic mass is 16.3. The lowest BCUT2D eigenvalue weighted by atomic mass is 10.3. The van der Waals surface area contributed by atoms with E-state index in [1.165, 1.54) is 0 Å². The van der Waals surface area contributed by atoms with E-state index in [1.54, 1.807) is 12.1 Å². The van der Waals surface area contributed by atoms with Crippen molar-refractivity contribution in [3.05, 3.63) is 30.6 Å². The van der Waals surface area contributed by atoms with Gasteiger partial charge in [0.05, 0.1) is 6.42 Å². The summed E-state index contributed by atoms with van der Waals surface area (Å²) in [4.78, 5) is 0. The first-order valence-electron chi connectivity index (χ1n) is 3.18. The Morgan fingerprint density at radius 3 is 3.33 bits per heavy atom. The molecular weight excluding hydrogens is 112 g/mol. The summed E-state index contributed by atoms with van der Waals surface area (Å²) < 4.78 is 11.9. The summed E-state index contributed by atoms with van der Waals surface area (Å²) in [6, 6.07) is 3.50. The SMILES string of the molecule is [2H][CH]c1ccc(CC#C)o1. The minimum atomic E-state index is 0.494. The van der Waals surface area contributed by atoms with Gasteiger partial charge in [-0.2, -0.15) is 0 Å². The summed E-state index contributed by atoms with van der Waals surface area (Å²) in [5.74, 6) is 3.74.